The summed E-state index contributed by atoms with van der Waals surface area (Å²) in [7, 11) is 3.72. The molecule has 2 N–H and O–H groups in total. The highest BCUT2D eigenvalue weighted by Crippen LogP contribution is 2.02. The Morgan fingerprint density at radius 3 is 2.82 bits per heavy atom. The molecule has 0 aliphatic carbocycles. The number of aliphatic hydroxyl groups is 1. The monoisotopic (exact) mass is 242 g/mol. The normalized spacial score (nSPS) is 14.6. The summed E-state index contributed by atoms with van der Waals surface area (Å²) >= 11 is 0. The fourth-order valence-electron chi connectivity index (χ4n) is 1.48. The largest absolute Gasteiger partial charge is 0.387 e. The summed E-state index contributed by atoms with van der Waals surface area (Å²) < 4.78 is 1.32. The molecule has 0 radical (unpaired) electrons. The third-order valence-corrected chi connectivity index (χ3v) is 2.02. The molecule has 0 bridgehead atoms. The molecular weight excluding hydrogens is 224 g/mol. The maximum atomic E-state index is 11.5. The van der Waals surface area contributed by atoms with Crippen molar-refractivity contribution in [3.8, 4) is 0 Å². The summed E-state index contributed by atoms with van der Waals surface area (Å²) in [4.78, 5) is 13.3. The van der Waals surface area contributed by atoms with E-state index in [-0.39, 0.29) is 19.0 Å². The van der Waals surface area contributed by atoms with Crippen LogP contribution < -0.4 is 5.32 Å². The van der Waals surface area contributed by atoms with Crippen LogP contribution in [0.25, 0.3) is 0 Å². The van der Waals surface area contributed by atoms with Gasteiger partial charge in [-0.2, -0.15) is 0 Å². The Morgan fingerprint density at radius 2 is 2.29 bits per heavy atom. The molecule has 1 unspecified atom stereocenters. The molecule has 17 heavy (non-hydrogen) atoms. The third-order valence-electron chi connectivity index (χ3n) is 2.02. The molecule has 8 nitrogen and oxygen atoms in total. The van der Waals surface area contributed by atoms with Crippen LogP contribution in [-0.2, 0) is 11.3 Å². The van der Waals surface area contributed by atoms with E-state index in [9.17, 15) is 9.90 Å². The van der Waals surface area contributed by atoms with E-state index in [1.165, 1.54) is 11.0 Å². The molecule has 1 rings (SSSR count). The van der Waals surface area contributed by atoms with E-state index in [1.54, 1.807) is 6.92 Å². The van der Waals surface area contributed by atoms with Gasteiger partial charge < -0.3 is 15.3 Å². The second kappa shape index (κ2) is 5.69. The molecule has 0 saturated heterocycles. The number of carbonyl (C=O) groups excluding carboxylic acids is 1. The average molecular weight is 242 g/mol. The van der Waals surface area contributed by atoms with Crippen molar-refractivity contribution in [3.63, 3.8) is 0 Å². The topological polar surface area (TPSA) is 96.2 Å². The van der Waals surface area contributed by atoms with Crippen molar-refractivity contribution in [3.05, 3.63) is 6.33 Å². The standard InChI is InChI=1S/C9H18N6O2/c1-9(17,6-14(2)3)5-10-8(16)4-15-7-11-12-13-15/h7,17H,4-6H2,1-3H3,(H,10,16). The SMILES string of the molecule is CN(C)CC(C)(O)CNC(=O)Cn1cnnn1. The maximum Gasteiger partial charge on any atom is 0.241 e. The molecule has 1 aromatic heterocycles. The number of aromatic nitrogens is 4. The first kappa shape index (κ1) is 13.5. The van der Waals surface area contributed by atoms with E-state index >= 15 is 0 Å². The van der Waals surface area contributed by atoms with Gasteiger partial charge in [-0.05, 0) is 31.4 Å². The summed E-state index contributed by atoms with van der Waals surface area (Å²) in [6.45, 7) is 2.37. The lowest BCUT2D eigenvalue weighted by Gasteiger charge is -2.27. The Hall–Kier alpha value is -1.54. The van der Waals surface area contributed by atoms with Gasteiger partial charge in [-0.3, -0.25) is 4.79 Å². The molecule has 0 aromatic carbocycles. The quantitative estimate of drug-likeness (QED) is 0.605. The summed E-state index contributed by atoms with van der Waals surface area (Å²) in [6, 6.07) is 0. The Balaban J connectivity index is 2.32. The number of likely N-dealkylation sites (N-methyl/N-ethyl adjacent to an activating group) is 1. The number of hydrogen-bond acceptors (Lipinski definition) is 6. The highest BCUT2D eigenvalue weighted by atomic mass is 16.3. The number of hydrogen-bond donors (Lipinski definition) is 2. The zero-order chi connectivity index (χ0) is 12.9. The molecule has 1 amide bonds. The van der Waals surface area contributed by atoms with Crippen molar-refractivity contribution in [2.24, 2.45) is 0 Å². The lowest BCUT2D eigenvalue weighted by atomic mass is 10.1. The van der Waals surface area contributed by atoms with Gasteiger partial charge in [0.2, 0.25) is 5.91 Å². The third kappa shape index (κ3) is 5.36. The first-order valence-electron chi connectivity index (χ1n) is 5.24. The number of carbonyl (C=O) groups is 1. The zero-order valence-corrected chi connectivity index (χ0v) is 10.3. The lowest BCUT2D eigenvalue weighted by molar-refractivity contribution is -0.123. The van der Waals surface area contributed by atoms with Gasteiger partial charge >= 0.3 is 0 Å². The number of nitrogens with one attached hydrogen (secondary N) is 1. The summed E-state index contributed by atoms with van der Waals surface area (Å²) in [5.41, 5.74) is -0.959. The van der Waals surface area contributed by atoms with E-state index in [4.69, 9.17) is 0 Å². The van der Waals surface area contributed by atoms with E-state index in [0.29, 0.717) is 6.54 Å². The van der Waals surface area contributed by atoms with E-state index < -0.39 is 5.60 Å². The predicted molar refractivity (Wildman–Crippen MR) is 60.0 cm³/mol. The molecule has 8 heteroatoms. The number of tetrazole rings is 1. The van der Waals surface area contributed by atoms with Gasteiger partial charge in [0.05, 0.1) is 5.60 Å². The number of nitrogens with zero attached hydrogens (tertiary/aromatic N) is 5. The summed E-state index contributed by atoms with van der Waals surface area (Å²) in [5.74, 6) is -0.240. The molecule has 0 fully saturated rings. The first-order valence-corrected chi connectivity index (χ1v) is 5.24. The average Bonchev–Trinajstić information content (AvgIpc) is 2.65. The van der Waals surface area contributed by atoms with E-state index in [2.05, 4.69) is 20.8 Å². The number of amides is 1. The van der Waals surface area contributed by atoms with Crippen LogP contribution in [0.4, 0.5) is 0 Å². The van der Waals surface area contributed by atoms with Crippen molar-refractivity contribution in [2.75, 3.05) is 27.2 Å². The van der Waals surface area contributed by atoms with Crippen LogP contribution in [0.3, 0.4) is 0 Å². The van der Waals surface area contributed by atoms with Gasteiger partial charge in [-0.1, -0.05) is 0 Å². The van der Waals surface area contributed by atoms with Crippen LogP contribution in [0.15, 0.2) is 6.33 Å². The van der Waals surface area contributed by atoms with Crippen LogP contribution in [0, 0.1) is 0 Å². The highest BCUT2D eigenvalue weighted by molar-refractivity contribution is 5.75. The fourth-order valence-corrected chi connectivity index (χ4v) is 1.48. The summed E-state index contributed by atoms with van der Waals surface area (Å²) in [6.07, 6.45) is 1.36. The van der Waals surface area contributed by atoms with E-state index in [1.807, 2.05) is 19.0 Å². The lowest BCUT2D eigenvalue weighted by Crippen LogP contribution is -2.47. The highest BCUT2D eigenvalue weighted by Gasteiger charge is 2.22. The van der Waals surface area contributed by atoms with Crippen molar-refractivity contribution < 1.29 is 9.90 Å². The Morgan fingerprint density at radius 1 is 1.59 bits per heavy atom. The minimum atomic E-state index is -0.959. The van der Waals surface area contributed by atoms with Gasteiger partial charge in [0.15, 0.2) is 0 Å². The Kier molecular flexibility index (Phi) is 4.53. The van der Waals surface area contributed by atoms with Crippen molar-refractivity contribution in [2.45, 2.75) is 19.1 Å². The van der Waals surface area contributed by atoms with E-state index in [0.717, 1.165) is 0 Å². The van der Waals surface area contributed by atoms with Crippen LogP contribution in [0.5, 0.6) is 0 Å². The van der Waals surface area contributed by atoms with Gasteiger partial charge in [0.1, 0.15) is 12.9 Å². The molecule has 0 aliphatic heterocycles. The molecular formula is C9H18N6O2. The maximum absolute atomic E-state index is 11.5. The van der Waals surface area contributed by atoms with Crippen LogP contribution >= 0.6 is 0 Å². The Labute approximate surface area is 99.6 Å². The molecule has 1 atom stereocenters. The minimum Gasteiger partial charge on any atom is -0.387 e. The van der Waals surface area contributed by atoms with Crippen molar-refractivity contribution >= 4 is 5.91 Å². The van der Waals surface area contributed by atoms with Crippen molar-refractivity contribution in [1.82, 2.24) is 30.4 Å². The molecule has 0 spiro atoms. The zero-order valence-electron chi connectivity index (χ0n) is 10.3. The van der Waals surface area contributed by atoms with Crippen LogP contribution in [-0.4, -0.2) is 68.9 Å². The Bertz CT molecular complexity index is 348. The van der Waals surface area contributed by atoms with Crippen LogP contribution in [0.2, 0.25) is 0 Å². The van der Waals surface area contributed by atoms with Gasteiger partial charge in [0, 0.05) is 13.1 Å². The molecule has 1 aromatic rings. The summed E-state index contributed by atoms with van der Waals surface area (Å²) in [5, 5.41) is 23.0. The smallest absolute Gasteiger partial charge is 0.241 e. The van der Waals surface area contributed by atoms with Gasteiger partial charge in [-0.25, -0.2) is 4.68 Å². The minimum absolute atomic E-state index is 0.0467. The van der Waals surface area contributed by atoms with Gasteiger partial charge in [0.25, 0.3) is 0 Å². The molecule has 96 valence electrons. The second-order valence-corrected chi connectivity index (χ2v) is 4.52. The van der Waals surface area contributed by atoms with Gasteiger partial charge in [-0.15, -0.1) is 5.10 Å². The first-order chi connectivity index (χ1) is 7.89. The van der Waals surface area contributed by atoms with Crippen LogP contribution in [0.1, 0.15) is 6.92 Å². The second-order valence-electron chi connectivity index (χ2n) is 4.52. The molecule has 0 saturated carbocycles. The molecule has 1 heterocycles. The van der Waals surface area contributed by atoms with Crippen molar-refractivity contribution in [1.29, 1.82) is 0 Å². The molecule has 0 aliphatic rings. The number of rotatable bonds is 6. The predicted octanol–water partition coefficient (Wildman–Crippen LogP) is -1.90. The fraction of sp³-hybridized carbons (Fsp3) is 0.778.